The molecule has 0 aliphatic heterocycles. The number of amides is 1. The number of H-pyrrole nitrogens is 1. The average Bonchev–Trinajstić information content (AvgIpc) is 2.82. The number of halogens is 1. The molecule has 1 aromatic rings. The molecule has 96 valence electrons. The lowest BCUT2D eigenvalue weighted by atomic mass is 10.4. The Morgan fingerprint density at radius 3 is 2.71 bits per heavy atom. The summed E-state index contributed by atoms with van der Waals surface area (Å²) in [5, 5.41) is 14.9. The summed E-state index contributed by atoms with van der Waals surface area (Å²) in [6.45, 7) is 1.12. The predicted molar refractivity (Wildman–Crippen MR) is 76.8 cm³/mol. The van der Waals surface area contributed by atoms with Crippen molar-refractivity contribution in [3.8, 4) is 0 Å². The van der Waals surface area contributed by atoms with Crippen LogP contribution in [0.15, 0.2) is 17.3 Å². The van der Waals surface area contributed by atoms with E-state index in [2.05, 4.69) is 31.1 Å². The minimum atomic E-state index is -0.168. The highest BCUT2D eigenvalue weighted by Crippen LogP contribution is 1.89. The lowest BCUT2D eigenvalue weighted by molar-refractivity contribution is 0.0949. The Morgan fingerprint density at radius 2 is 2.18 bits per heavy atom. The minimum absolute atomic E-state index is 0. The standard InChI is InChI=1S/C9H16N6O.HI/c1-10-9(11-2)13-6-5-12-8(16)7-3-4-14-15-7;/h3-4H,5-6H2,1-2H3,(H,12,16)(H,14,15)(H2,10,11,13);1H. The number of nitrogens with one attached hydrogen (secondary N) is 4. The Bertz CT molecular complexity index is 350. The molecule has 0 radical (unpaired) electrons. The van der Waals surface area contributed by atoms with Crippen LogP contribution in [0.4, 0.5) is 0 Å². The van der Waals surface area contributed by atoms with Crippen LogP contribution in [0, 0.1) is 0 Å². The van der Waals surface area contributed by atoms with Crippen LogP contribution in [-0.2, 0) is 0 Å². The first-order valence-electron chi connectivity index (χ1n) is 4.94. The maximum absolute atomic E-state index is 11.4. The average molecular weight is 352 g/mol. The quantitative estimate of drug-likeness (QED) is 0.256. The third-order valence-electron chi connectivity index (χ3n) is 1.91. The van der Waals surface area contributed by atoms with Crippen LogP contribution < -0.4 is 16.0 Å². The van der Waals surface area contributed by atoms with Gasteiger partial charge in [0.15, 0.2) is 5.96 Å². The van der Waals surface area contributed by atoms with Gasteiger partial charge in [0.05, 0.1) is 0 Å². The number of nitrogens with zero attached hydrogens (tertiary/aromatic N) is 2. The van der Waals surface area contributed by atoms with Gasteiger partial charge >= 0.3 is 0 Å². The Labute approximate surface area is 117 Å². The number of rotatable bonds is 4. The van der Waals surface area contributed by atoms with Crippen LogP contribution in [0.1, 0.15) is 10.5 Å². The van der Waals surface area contributed by atoms with Gasteiger partial charge in [-0.05, 0) is 6.07 Å². The summed E-state index contributed by atoms with van der Waals surface area (Å²) in [5.74, 6) is 0.523. The molecule has 0 spiro atoms. The van der Waals surface area contributed by atoms with E-state index in [1.807, 2.05) is 0 Å². The zero-order valence-electron chi connectivity index (χ0n) is 9.78. The van der Waals surface area contributed by atoms with Crippen LogP contribution in [0.5, 0.6) is 0 Å². The van der Waals surface area contributed by atoms with Crippen LogP contribution in [0.3, 0.4) is 0 Å². The lowest BCUT2D eigenvalue weighted by Gasteiger charge is -2.08. The molecule has 0 bridgehead atoms. The van der Waals surface area contributed by atoms with Gasteiger partial charge in [0.1, 0.15) is 5.69 Å². The monoisotopic (exact) mass is 352 g/mol. The second kappa shape index (κ2) is 8.79. The van der Waals surface area contributed by atoms with Gasteiger partial charge in [0.2, 0.25) is 0 Å². The Balaban J connectivity index is 0.00000256. The largest absolute Gasteiger partial charge is 0.359 e. The van der Waals surface area contributed by atoms with Crippen molar-refractivity contribution < 1.29 is 4.79 Å². The molecular weight excluding hydrogens is 335 g/mol. The first-order valence-corrected chi connectivity index (χ1v) is 4.94. The molecule has 1 rings (SSSR count). The highest BCUT2D eigenvalue weighted by atomic mass is 127. The molecule has 1 amide bonds. The number of aromatic nitrogens is 2. The third-order valence-corrected chi connectivity index (χ3v) is 1.91. The van der Waals surface area contributed by atoms with E-state index in [0.717, 1.165) is 0 Å². The molecule has 0 fully saturated rings. The number of hydrogen-bond donors (Lipinski definition) is 4. The number of guanidine groups is 1. The zero-order chi connectivity index (χ0) is 11.8. The summed E-state index contributed by atoms with van der Waals surface area (Å²) in [6, 6.07) is 1.62. The summed E-state index contributed by atoms with van der Waals surface area (Å²) in [4.78, 5) is 15.4. The SMILES string of the molecule is CN=C(NC)NCCNC(=O)c1ccn[nH]1.I. The molecule has 1 aromatic heterocycles. The summed E-state index contributed by atoms with van der Waals surface area (Å²) in [5.41, 5.74) is 0.456. The molecule has 17 heavy (non-hydrogen) atoms. The van der Waals surface area contributed by atoms with Crippen molar-refractivity contribution in [1.82, 2.24) is 26.1 Å². The summed E-state index contributed by atoms with van der Waals surface area (Å²) in [7, 11) is 3.46. The van der Waals surface area contributed by atoms with Gasteiger partial charge in [-0.1, -0.05) is 0 Å². The van der Waals surface area contributed by atoms with Crippen LogP contribution in [0.2, 0.25) is 0 Å². The van der Waals surface area contributed by atoms with E-state index in [4.69, 9.17) is 0 Å². The first-order chi connectivity index (χ1) is 7.77. The van der Waals surface area contributed by atoms with Gasteiger partial charge in [0, 0.05) is 33.4 Å². The van der Waals surface area contributed by atoms with Crippen molar-refractivity contribution in [2.75, 3.05) is 27.2 Å². The van der Waals surface area contributed by atoms with Gasteiger partial charge in [-0.3, -0.25) is 14.9 Å². The van der Waals surface area contributed by atoms with E-state index in [9.17, 15) is 4.79 Å². The van der Waals surface area contributed by atoms with E-state index in [-0.39, 0.29) is 29.9 Å². The van der Waals surface area contributed by atoms with Gasteiger partial charge in [-0.2, -0.15) is 5.10 Å². The molecular formula is C9H17IN6O. The van der Waals surface area contributed by atoms with E-state index in [1.54, 1.807) is 20.2 Å². The Morgan fingerprint density at radius 1 is 1.47 bits per heavy atom. The van der Waals surface area contributed by atoms with Crippen molar-refractivity contribution in [3.63, 3.8) is 0 Å². The fourth-order valence-electron chi connectivity index (χ4n) is 1.11. The van der Waals surface area contributed by atoms with Crippen molar-refractivity contribution in [2.45, 2.75) is 0 Å². The molecule has 0 saturated carbocycles. The summed E-state index contributed by atoms with van der Waals surface area (Å²) >= 11 is 0. The number of carbonyl (C=O) groups excluding carboxylic acids is 1. The fourth-order valence-corrected chi connectivity index (χ4v) is 1.11. The van der Waals surface area contributed by atoms with E-state index in [0.29, 0.717) is 24.7 Å². The Hall–Kier alpha value is -1.32. The normalized spacial score (nSPS) is 10.4. The number of aliphatic imine (C=N–C) groups is 1. The van der Waals surface area contributed by atoms with Crippen molar-refractivity contribution in [1.29, 1.82) is 0 Å². The number of carbonyl (C=O) groups is 1. The third kappa shape index (κ3) is 5.52. The molecule has 0 aromatic carbocycles. The molecule has 4 N–H and O–H groups in total. The molecule has 1 heterocycles. The molecule has 7 nitrogen and oxygen atoms in total. The highest BCUT2D eigenvalue weighted by molar-refractivity contribution is 14.0. The van der Waals surface area contributed by atoms with Crippen LogP contribution >= 0.6 is 24.0 Å². The summed E-state index contributed by atoms with van der Waals surface area (Å²) < 4.78 is 0. The van der Waals surface area contributed by atoms with Crippen LogP contribution in [-0.4, -0.2) is 49.2 Å². The van der Waals surface area contributed by atoms with Gasteiger partial charge < -0.3 is 16.0 Å². The maximum Gasteiger partial charge on any atom is 0.269 e. The van der Waals surface area contributed by atoms with Crippen molar-refractivity contribution in [3.05, 3.63) is 18.0 Å². The van der Waals surface area contributed by atoms with E-state index < -0.39 is 0 Å². The van der Waals surface area contributed by atoms with Crippen molar-refractivity contribution >= 4 is 35.8 Å². The number of hydrogen-bond acceptors (Lipinski definition) is 3. The summed E-state index contributed by atoms with van der Waals surface area (Å²) in [6.07, 6.45) is 1.54. The topological polar surface area (TPSA) is 94.2 Å². The second-order valence-corrected chi connectivity index (χ2v) is 2.98. The van der Waals surface area contributed by atoms with E-state index >= 15 is 0 Å². The lowest BCUT2D eigenvalue weighted by Crippen LogP contribution is -2.40. The van der Waals surface area contributed by atoms with E-state index in [1.165, 1.54) is 6.20 Å². The van der Waals surface area contributed by atoms with Crippen LogP contribution in [0.25, 0.3) is 0 Å². The Kier molecular flexibility index (Phi) is 8.11. The maximum atomic E-state index is 11.4. The molecule has 8 heteroatoms. The zero-order valence-corrected chi connectivity index (χ0v) is 12.1. The smallest absolute Gasteiger partial charge is 0.269 e. The highest BCUT2D eigenvalue weighted by Gasteiger charge is 2.04. The van der Waals surface area contributed by atoms with Crippen molar-refractivity contribution in [2.24, 2.45) is 4.99 Å². The molecule has 0 unspecified atom stereocenters. The molecule has 0 atom stereocenters. The predicted octanol–water partition coefficient (Wildman–Crippen LogP) is -0.448. The van der Waals surface area contributed by atoms with Gasteiger partial charge in [-0.15, -0.1) is 24.0 Å². The minimum Gasteiger partial charge on any atom is -0.359 e. The van der Waals surface area contributed by atoms with Gasteiger partial charge in [0.25, 0.3) is 5.91 Å². The number of aromatic amines is 1. The molecule has 0 aliphatic carbocycles. The first kappa shape index (κ1) is 15.7. The second-order valence-electron chi connectivity index (χ2n) is 2.98. The fraction of sp³-hybridized carbons (Fsp3) is 0.444. The van der Waals surface area contributed by atoms with Gasteiger partial charge in [-0.25, -0.2) is 0 Å². The molecule has 0 saturated heterocycles. The molecule has 0 aliphatic rings.